The number of nitrogens with one attached hydrogen (secondary N) is 1. The number of hydrogen-bond donors (Lipinski definition) is 1. The summed E-state index contributed by atoms with van der Waals surface area (Å²) < 4.78 is 16.8. The second-order valence-electron chi connectivity index (χ2n) is 6.62. The zero-order valence-electron chi connectivity index (χ0n) is 15.9. The molecule has 0 radical (unpaired) electrons. The van der Waals surface area contributed by atoms with Crippen LogP contribution in [0.15, 0.2) is 66.7 Å². The van der Waals surface area contributed by atoms with Crippen molar-refractivity contribution in [3.8, 4) is 28.4 Å². The third-order valence-corrected chi connectivity index (χ3v) is 4.82. The zero-order valence-corrected chi connectivity index (χ0v) is 16.6. The predicted molar refractivity (Wildman–Crippen MR) is 113 cm³/mol. The summed E-state index contributed by atoms with van der Waals surface area (Å²) in [5.74, 6) is 1.45. The molecule has 0 saturated heterocycles. The van der Waals surface area contributed by atoms with Crippen LogP contribution in [0.5, 0.6) is 17.2 Å². The van der Waals surface area contributed by atoms with E-state index in [9.17, 15) is 4.79 Å². The van der Waals surface area contributed by atoms with E-state index in [1.54, 1.807) is 31.2 Å². The molecule has 1 amide bonds. The van der Waals surface area contributed by atoms with Crippen LogP contribution in [0.3, 0.4) is 0 Å². The van der Waals surface area contributed by atoms with Gasteiger partial charge in [0.05, 0.1) is 5.02 Å². The number of halogens is 1. The van der Waals surface area contributed by atoms with Crippen molar-refractivity contribution in [2.24, 2.45) is 0 Å². The molecule has 5 nitrogen and oxygen atoms in total. The highest BCUT2D eigenvalue weighted by molar-refractivity contribution is 6.32. The van der Waals surface area contributed by atoms with Gasteiger partial charge in [0, 0.05) is 11.8 Å². The maximum absolute atomic E-state index is 12.5. The fourth-order valence-electron chi connectivity index (χ4n) is 3.02. The molecule has 0 fully saturated rings. The van der Waals surface area contributed by atoms with Gasteiger partial charge in [0.2, 0.25) is 0 Å². The average Bonchev–Trinajstić information content (AvgIpc) is 2.75. The Morgan fingerprint density at radius 1 is 0.966 bits per heavy atom. The van der Waals surface area contributed by atoms with Crippen molar-refractivity contribution in [1.29, 1.82) is 0 Å². The molecule has 0 saturated carbocycles. The smallest absolute Gasteiger partial charge is 0.265 e. The highest BCUT2D eigenvalue weighted by atomic mass is 35.5. The Kier molecular flexibility index (Phi) is 5.58. The molecule has 0 unspecified atom stereocenters. The molecule has 0 spiro atoms. The van der Waals surface area contributed by atoms with Crippen molar-refractivity contribution in [3.05, 3.63) is 71.8 Å². The molecule has 0 aliphatic carbocycles. The van der Waals surface area contributed by atoms with E-state index >= 15 is 0 Å². The molecule has 1 aliphatic rings. The molecule has 29 heavy (non-hydrogen) atoms. The molecule has 1 N–H and O–H groups in total. The van der Waals surface area contributed by atoms with Gasteiger partial charge in [0.25, 0.3) is 5.91 Å². The minimum atomic E-state index is -0.733. The minimum absolute atomic E-state index is 0.287. The number of carbonyl (C=O) groups excluding carboxylic acids is 1. The van der Waals surface area contributed by atoms with Crippen molar-refractivity contribution in [2.45, 2.75) is 13.0 Å². The van der Waals surface area contributed by atoms with Gasteiger partial charge in [-0.25, -0.2) is 0 Å². The van der Waals surface area contributed by atoms with E-state index in [-0.39, 0.29) is 5.91 Å². The summed E-state index contributed by atoms with van der Waals surface area (Å²) >= 11 is 6.38. The lowest BCUT2D eigenvalue weighted by Gasteiger charge is -2.20. The SMILES string of the molecule is C[C@H](Oc1ccc(-c2ccccc2)cc1Cl)C(=O)Nc1ccc2c(c1)OCCO2. The maximum atomic E-state index is 12.5. The first-order valence-corrected chi connectivity index (χ1v) is 9.70. The third-order valence-electron chi connectivity index (χ3n) is 4.52. The zero-order chi connectivity index (χ0) is 20.2. The van der Waals surface area contributed by atoms with E-state index in [2.05, 4.69) is 5.32 Å². The predicted octanol–water partition coefficient (Wildman–Crippen LogP) is 5.18. The second-order valence-corrected chi connectivity index (χ2v) is 7.03. The van der Waals surface area contributed by atoms with Crippen LogP contribution in [0.1, 0.15) is 6.92 Å². The summed E-state index contributed by atoms with van der Waals surface area (Å²) in [6, 6.07) is 20.7. The van der Waals surface area contributed by atoms with Crippen molar-refractivity contribution >= 4 is 23.2 Å². The molecule has 3 aromatic carbocycles. The topological polar surface area (TPSA) is 56.8 Å². The lowest BCUT2D eigenvalue weighted by Crippen LogP contribution is -2.30. The lowest BCUT2D eigenvalue weighted by molar-refractivity contribution is -0.122. The van der Waals surface area contributed by atoms with E-state index in [4.69, 9.17) is 25.8 Å². The van der Waals surface area contributed by atoms with Crippen LogP contribution >= 0.6 is 11.6 Å². The standard InChI is InChI=1S/C23H20ClNO4/c1-15(23(26)25-18-8-10-21-22(14-18)28-12-11-27-21)29-20-9-7-17(13-19(20)24)16-5-3-2-4-6-16/h2-10,13-15H,11-12H2,1H3,(H,25,26)/t15-/m0/s1. The molecule has 0 aromatic heterocycles. The van der Waals surface area contributed by atoms with Crippen molar-refractivity contribution < 1.29 is 19.0 Å². The molecule has 0 bridgehead atoms. The molecule has 6 heteroatoms. The summed E-state index contributed by atoms with van der Waals surface area (Å²) in [5.41, 5.74) is 2.65. The van der Waals surface area contributed by atoms with E-state index < -0.39 is 6.10 Å². The van der Waals surface area contributed by atoms with E-state index in [0.29, 0.717) is 41.2 Å². The molecule has 4 rings (SSSR count). The Morgan fingerprint density at radius 3 is 2.48 bits per heavy atom. The fourth-order valence-corrected chi connectivity index (χ4v) is 3.24. The van der Waals surface area contributed by atoms with Crippen LogP contribution in [0.2, 0.25) is 5.02 Å². The number of rotatable bonds is 5. The van der Waals surface area contributed by atoms with E-state index in [1.807, 2.05) is 42.5 Å². The van der Waals surface area contributed by atoms with Gasteiger partial charge in [-0.2, -0.15) is 0 Å². The largest absolute Gasteiger partial charge is 0.486 e. The Bertz CT molecular complexity index is 1020. The van der Waals surface area contributed by atoms with Gasteiger partial charge < -0.3 is 19.5 Å². The van der Waals surface area contributed by atoms with Crippen molar-refractivity contribution in [2.75, 3.05) is 18.5 Å². The van der Waals surface area contributed by atoms with E-state index in [0.717, 1.165) is 11.1 Å². The number of hydrogen-bond acceptors (Lipinski definition) is 4. The average molecular weight is 410 g/mol. The van der Waals surface area contributed by atoms with Gasteiger partial charge in [0.1, 0.15) is 19.0 Å². The molecular weight excluding hydrogens is 390 g/mol. The summed E-state index contributed by atoms with van der Waals surface area (Å²) in [5, 5.41) is 3.28. The lowest BCUT2D eigenvalue weighted by atomic mass is 10.1. The Labute approximate surface area is 174 Å². The third kappa shape index (κ3) is 4.46. The number of anilines is 1. The fraction of sp³-hybridized carbons (Fsp3) is 0.174. The minimum Gasteiger partial charge on any atom is -0.486 e. The van der Waals surface area contributed by atoms with Gasteiger partial charge in [-0.3, -0.25) is 4.79 Å². The van der Waals surface area contributed by atoms with Crippen LogP contribution in [0, 0.1) is 0 Å². The van der Waals surface area contributed by atoms with Crippen molar-refractivity contribution in [3.63, 3.8) is 0 Å². The van der Waals surface area contributed by atoms with Crippen molar-refractivity contribution in [1.82, 2.24) is 0 Å². The monoisotopic (exact) mass is 409 g/mol. The highest BCUT2D eigenvalue weighted by Crippen LogP contribution is 2.33. The van der Waals surface area contributed by atoms with Gasteiger partial charge in [0.15, 0.2) is 17.6 Å². The molecule has 1 aliphatic heterocycles. The second kappa shape index (κ2) is 8.45. The van der Waals surface area contributed by atoms with Crippen LogP contribution in [0.4, 0.5) is 5.69 Å². The van der Waals surface area contributed by atoms with Gasteiger partial charge in [-0.15, -0.1) is 0 Å². The van der Waals surface area contributed by atoms with Crippen LogP contribution < -0.4 is 19.5 Å². The van der Waals surface area contributed by atoms with Crippen LogP contribution in [-0.4, -0.2) is 25.2 Å². The Hall–Kier alpha value is -3.18. The number of ether oxygens (including phenoxy) is 3. The number of fused-ring (bicyclic) bond motifs is 1. The highest BCUT2D eigenvalue weighted by Gasteiger charge is 2.18. The first-order chi connectivity index (χ1) is 14.1. The first kappa shape index (κ1) is 19.2. The molecule has 1 atom stereocenters. The maximum Gasteiger partial charge on any atom is 0.265 e. The number of carbonyl (C=O) groups is 1. The van der Waals surface area contributed by atoms with Gasteiger partial charge in [-0.05, 0) is 42.3 Å². The molecule has 148 valence electrons. The normalized spacial score (nSPS) is 13.4. The summed E-state index contributed by atoms with van der Waals surface area (Å²) in [6.45, 7) is 2.68. The number of benzene rings is 3. The summed E-state index contributed by atoms with van der Waals surface area (Å²) in [6.07, 6.45) is -0.733. The van der Waals surface area contributed by atoms with Gasteiger partial charge in [-0.1, -0.05) is 48.0 Å². The number of amides is 1. The summed E-state index contributed by atoms with van der Waals surface area (Å²) in [4.78, 5) is 12.5. The molecule has 3 aromatic rings. The van der Waals surface area contributed by atoms with Crippen LogP contribution in [-0.2, 0) is 4.79 Å². The van der Waals surface area contributed by atoms with Gasteiger partial charge >= 0.3 is 0 Å². The Morgan fingerprint density at radius 2 is 1.72 bits per heavy atom. The van der Waals surface area contributed by atoms with Crippen LogP contribution in [0.25, 0.3) is 11.1 Å². The quantitative estimate of drug-likeness (QED) is 0.630. The first-order valence-electron chi connectivity index (χ1n) is 9.32. The van der Waals surface area contributed by atoms with E-state index in [1.165, 1.54) is 0 Å². The molecular formula is C23H20ClNO4. The molecule has 1 heterocycles. The summed E-state index contributed by atoms with van der Waals surface area (Å²) in [7, 11) is 0. The Balaban J connectivity index is 1.42.